The number of oxime groups is 1. The summed E-state index contributed by atoms with van der Waals surface area (Å²) in [6, 6.07) is 24.7. The highest BCUT2D eigenvalue weighted by Crippen LogP contribution is 2.28. The van der Waals surface area contributed by atoms with Crippen LogP contribution in [-0.2, 0) is 22.6 Å². The average Bonchev–Trinajstić information content (AvgIpc) is 3.34. The van der Waals surface area contributed by atoms with E-state index < -0.39 is 5.97 Å². The van der Waals surface area contributed by atoms with Crippen molar-refractivity contribution in [1.29, 1.82) is 5.26 Å². The lowest BCUT2D eigenvalue weighted by Gasteiger charge is -2.11. The van der Waals surface area contributed by atoms with Gasteiger partial charge in [0.1, 0.15) is 25.2 Å². The third kappa shape index (κ3) is 7.23. The smallest absolute Gasteiger partial charge is 0.303 e. The molecule has 3 aromatic carbocycles. The standard InChI is InChI=1S/C30H28N4O5/c1-20-27(15-16-29(35)36)30(39-33-20)24-9-11-25(12-10-24)32-18-22-5-13-26(14-6-22)38-19-28(34-37-2)23-7-3-21(17-31)4-8-23/h3-14,32H,15-16,18-19H2,1-2H3,(H,35,36)/b34-28+. The zero-order chi connectivity index (χ0) is 27.6. The average molecular weight is 525 g/mol. The fourth-order valence-corrected chi connectivity index (χ4v) is 3.95. The normalized spacial score (nSPS) is 11.1. The van der Waals surface area contributed by atoms with Gasteiger partial charge in [0.25, 0.3) is 0 Å². The van der Waals surface area contributed by atoms with Crippen LogP contribution in [0.5, 0.6) is 5.75 Å². The molecule has 0 spiro atoms. The molecule has 0 unspecified atom stereocenters. The van der Waals surface area contributed by atoms with E-state index >= 15 is 0 Å². The highest BCUT2D eigenvalue weighted by atomic mass is 16.6. The van der Waals surface area contributed by atoms with Gasteiger partial charge in [-0.2, -0.15) is 5.26 Å². The summed E-state index contributed by atoms with van der Waals surface area (Å²) in [6.07, 6.45) is 0.396. The second-order valence-electron chi connectivity index (χ2n) is 8.74. The molecule has 9 nitrogen and oxygen atoms in total. The number of aryl methyl sites for hydroxylation is 1. The summed E-state index contributed by atoms with van der Waals surface area (Å²) in [6.45, 7) is 2.65. The van der Waals surface area contributed by atoms with Gasteiger partial charge < -0.3 is 24.5 Å². The van der Waals surface area contributed by atoms with E-state index in [9.17, 15) is 4.79 Å². The summed E-state index contributed by atoms with van der Waals surface area (Å²) in [5.74, 6) is 0.448. The Morgan fingerprint density at radius 2 is 1.79 bits per heavy atom. The summed E-state index contributed by atoms with van der Waals surface area (Å²) in [5, 5.41) is 29.5. The van der Waals surface area contributed by atoms with Gasteiger partial charge in [0.15, 0.2) is 5.76 Å². The van der Waals surface area contributed by atoms with E-state index in [1.54, 1.807) is 12.1 Å². The van der Waals surface area contributed by atoms with Crippen molar-refractivity contribution in [2.75, 3.05) is 19.0 Å². The van der Waals surface area contributed by atoms with Crippen molar-refractivity contribution in [3.8, 4) is 23.1 Å². The zero-order valence-electron chi connectivity index (χ0n) is 21.7. The summed E-state index contributed by atoms with van der Waals surface area (Å²) < 4.78 is 11.4. The first-order chi connectivity index (χ1) is 19.0. The molecule has 9 heteroatoms. The van der Waals surface area contributed by atoms with Crippen molar-refractivity contribution in [3.05, 3.63) is 101 Å². The third-order valence-corrected chi connectivity index (χ3v) is 6.06. The number of rotatable bonds is 12. The van der Waals surface area contributed by atoms with Gasteiger partial charge in [-0.3, -0.25) is 4.79 Å². The van der Waals surface area contributed by atoms with E-state index in [4.69, 9.17) is 24.5 Å². The molecule has 198 valence electrons. The minimum Gasteiger partial charge on any atom is -0.487 e. The summed E-state index contributed by atoms with van der Waals surface area (Å²) >= 11 is 0. The number of ether oxygens (including phenoxy) is 1. The molecule has 0 aliphatic rings. The van der Waals surface area contributed by atoms with E-state index in [2.05, 4.69) is 21.7 Å². The molecule has 4 aromatic rings. The third-order valence-electron chi connectivity index (χ3n) is 6.06. The van der Waals surface area contributed by atoms with Crippen LogP contribution in [-0.4, -0.2) is 35.7 Å². The topological polar surface area (TPSA) is 130 Å². The molecule has 0 aliphatic carbocycles. The number of carboxylic acids is 1. The number of aliphatic carboxylic acids is 1. The number of hydrogen-bond donors (Lipinski definition) is 2. The molecule has 4 rings (SSSR count). The van der Waals surface area contributed by atoms with Crippen LogP contribution in [0.15, 0.2) is 82.5 Å². The minimum absolute atomic E-state index is 0.0254. The highest BCUT2D eigenvalue weighted by molar-refractivity contribution is 6.01. The van der Waals surface area contributed by atoms with Crippen LogP contribution in [0.25, 0.3) is 11.3 Å². The van der Waals surface area contributed by atoms with Crippen molar-refractivity contribution in [3.63, 3.8) is 0 Å². The lowest BCUT2D eigenvalue weighted by atomic mass is 10.0. The van der Waals surface area contributed by atoms with Crippen LogP contribution in [0.2, 0.25) is 0 Å². The van der Waals surface area contributed by atoms with Gasteiger partial charge in [0.05, 0.1) is 17.3 Å². The molecule has 0 atom stereocenters. The van der Waals surface area contributed by atoms with Gasteiger partial charge in [0, 0.05) is 35.3 Å². The van der Waals surface area contributed by atoms with Crippen LogP contribution in [0, 0.1) is 18.3 Å². The number of carboxylic acid groups (broad SMARTS) is 1. The predicted molar refractivity (Wildman–Crippen MR) is 147 cm³/mol. The van der Waals surface area contributed by atoms with Gasteiger partial charge >= 0.3 is 5.97 Å². The summed E-state index contributed by atoms with van der Waals surface area (Å²) in [7, 11) is 1.48. The largest absolute Gasteiger partial charge is 0.487 e. The number of hydrogen-bond acceptors (Lipinski definition) is 8. The Morgan fingerprint density at radius 3 is 2.44 bits per heavy atom. The number of nitrogens with one attached hydrogen (secondary N) is 1. The number of benzene rings is 3. The second kappa shape index (κ2) is 12.9. The molecule has 2 N–H and O–H groups in total. The first kappa shape index (κ1) is 26.9. The van der Waals surface area contributed by atoms with Crippen LogP contribution in [0.4, 0.5) is 5.69 Å². The summed E-state index contributed by atoms with van der Waals surface area (Å²) in [5.41, 5.74) is 6.39. The maximum atomic E-state index is 11.0. The zero-order valence-corrected chi connectivity index (χ0v) is 21.7. The van der Waals surface area contributed by atoms with Crippen molar-refractivity contribution in [2.45, 2.75) is 26.3 Å². The Labute approximate surface area is 226 Å². The first-order valence-corrected chi connectivity index (χ1v) is 12.3. The van der Waals surface area contributed by atoms with Gasteiger partial charge in [-0.25, -0.2) is 0 Å². The van der Waals surface area contributed by atoms with E-state index in [1.165, 1.54) is 7.11 Å². The van der Waals surface area contributed by atoms with Gasteiger partial charge in [-0.1, -0.05) is 34.6 Å². The molecule has 0 saturated carbocycles. The van der Waals surface area contributed by atoms with Crippen LogP contribution in [0.3, 0.4) is 0 Å². The maximum absolute atomic E-state index is 11.0. The molecule has 1 aromatic heterocycles. The molecule has 0 aliphatic heterocycles. The van der Waals surface area contributed by atoms with Crippen LogP contribution in [0.1, 0.15) is 34.4 Å². The molecular formula is C30H28N4O5. The fraction of sp³-hybridized carbons (Fsp3) is 0.200. The number of carbonyl (C=O) groups is 1. The van der Waals surface area contributed by atoms with Gasteiger partial charge in [0.2, 0.25) is 0 Å². The Hall–Kier alpha value is -5.10. The summed E-state index contributed by atoms with van der Waals surface area (Å²) in [4.78, 5) is 15.9. The number of nitrogens with zero attached hydrogens (tertiary/aromatic N) is 3. The molecule has 0 amide bonds. The molecule has 0 radical (unpaired) electrons. The van der Waals surface area contributed by atoms with Crippen LogP contribution >= 0.6 is 0 Å². The number of anilines is 1. The Bertz CT molecular complexity index is 1470. The molecule has 1 heterocycles. The quantitative estimate of drug-likeness (QED) is 0.181. The van der Waals surface area contributed by atoms with Crippen molar-refractivity contribution in [1.82, 2.24) is 5.16 Å². The molecule has 0 saturated heterocycles. The fourth-order valence-electron chi connectivity index (χ4n) is 3.95. The predicted octanol–water partition coefficient (Wildman–Crippen LogP) is 5.58. The van der Waals surface area contributed by atoms with E-state index in [0.29, 0.717) is 41.4 Å². The molecular weight excluding hydrogens is 496 g/mol. The SMILES string of the molecule is CO/N=C(\COc1ccc(CNc2ccc(-c3onc(C)c3CCC(=O)O)cc2)cc1)c1ccc(C#N)cc1. The molecule has 0 bridgehead atoms. The van der Waals surface area contributed by atoms with Crippen molar-refractivity contribution in [2.24, 2.45) is 5.16 Å². The lowest BCUT2D eigenvalue weighted by molar-refractivity contribution is -0.136. The second-order valence-corrected chi connectivity index (χ2v) is 8.74. The molecule has 39 heavy (non-hydrogen) atoms. The maximum Gasteiger partial charge on any atom is 0.303 e. The van der Waals surface area contributed by atoms with E-state index in [-0.39, 0.29) is 13.0 Å². The van der Waals surface area contributed by atoms with Crippen LogP contribution < -0.4 is 10.1 Å². The number of nitriles is 1. The highest BCUT2D eigenvalue weighted by Gasteiger charge is 2.16. The first-order valence-electron chi connectivity index (χ1n) is 12.3. The van der Waals surface area contributed by atoms with Gasteiger partial charge in [-0.05, 0) is 67.4 Å². The Balaban J connectivity index is 1.32. The lowest BCUT2D eigenvalue weighted by Crippen LogP contribution is -2.13. The minimum atomic E-state index is -0.853. The van der Waals surface area contributed by atoms with Crippen molar-refractivity contribution >= 4 is 17.4 Å². The van der Waals surface area contributed by atoms with E-state index in [0.717, 1.165) is 27.9 Å². The van der Waals surface area contributed by atoms with Crippen molar-refractivity contribution < 1.29 is 24.0 Å². The Kier molecular flexibility index (Phi) is 8.93. The molecule has 0 fully saturated rings. The Morgan fingerprint density at radius 1 is 1.08 bits per heavy atom. The monoisotopic (exact) mass is 524 g/mol. The van der Waals surface area contributed by atoms with E-state index in [1.807, 2.05) is 67.6 Å². The number of aromatic nitrogens is 1. The van der Waals surface area contributed by atoms with Gasteiger partial charge in [-0.15, -0.1) is 0 Å².